The van der Waals surface area contributed by atoms with Gasteiger partial charge in [0.05, 0.1) is 25.3 Å². The van der Waals surface area contributed by atoms with E-state index in [0.29, 0.717) is 35.7 Å². The van der Waals surface area contributed by atoms with Gasteiger partial charge in [0.2, 0.25) is 5.91 Å². The van der Waals surface area contributed by atoms with Gasteiger partial charge in [-0.25, -0.2) is 24.0 Å². The van der Waals surface area contributed by atoms with Gasteiger partial charge in [-0.05, 0) is 30.3 Å². The largest absolute Gasteiger partial charge is 0.442 e. The third kappa shape index (κ3) is 4.90. The molecule has 2 aliphatic heterocycles. The van der Waals surface area contributed by atoms with Gasteiger partial charge in [-0.15, -0.1) is 0 Å². The second-order valence-electron chi connectivity index (χ2n) is 7.73. The van der Waals surface area contributed by atoms with E-state index < -0.39 is 18.0 Å². The molecule has 1 aromatic carbocycles. The highest BCUT2D eigenvalue weighted by Crippen LogP contribution is 2.29. The summed E-state index contributed by atoms with van der Waals surface area (Å²) in [6, 6.07) is 7.69. The quantitative estimate of drug-likeness (QED) is 0.689. The van der Waals surface area contributed by atoms with Crippen LogP contribution in [0.15, 0.2) is 41.6 Å². The summed E-state index contributed by atoms with van der Waals surface area (Å²) in [6.45, 7) is 2.71. The zero-order valence-electron chi connectivity index (χ0n) is 18.7. The van der Waals surface area contributed by atoms with Gasteiger partial charge in [-0.1, -0.05) is 0 Å². The lowest BCUT2D eigenvalue weighted by molar-refractivity contribution is -0.119. The Morgan fingerprint density at radius 1 is 1.24 bits per heavy atom. The van der Waals surface area contributed by atoms with Gasteiger partial charge < -0.3 is 20.3 Å². The van der Waals surface area contributed by atoms with E-state index in [-0.39, 0.29) is 25.0 Å². The number of nitrogens with zero attached hydrogens (tertiary/aromatic N) is 5. The number of nitrogens with one attached hydrogen (secondary N) is 2. The van der Waals surface area contributed by atoms with Crippen molar-refractivity contribution in [3.05, 3.63) is 42.3 Å². The Morgan fingerprint density at radius 3 is 2.68 bits per heavy atom. The maximum atomic E-state index is 14.9. The van der Waals surface area contributed by atoms with Crippen LogP contribution in [-0.4, -0.2) is 73.7 Å². The lowest BCUT2D eigenvalue weighted by Crippen LogP contribution is -2.44. The number of carbonyl (C=O) groups is 3. The average Bonchev–Trinajstić information content (AvgIpc) is 3.23. The molecule has 178 valence electrons. The van der Waals surface area contributed by atoms with E-state index in [1.807, 2.05) is 0 Å². The van der Waals surface area contributed by atoms with Crippen LogP contribution in [0.1, 0.15) is 6.92 Å². The highest BCUT2D eigenvalue weighted by molar-refractivity contribution is 5.90. The summed E-state index contributed by atoms with van der Waals surface area (Å²) in [5.41, 5.74) is 1.27. The van der Waals surface area contributed by atoms with Crippen LogP contribution in [0, 0.1) is 5.82 Å². The second kappa shape index (κ2) is 9.73. The number of hydrazone groups is 1. The molecule has 11 nitrogen and oxygen atoms in total. The Kier molecular flexibility index (Phi) is 6.57. The molecule has 0 aliphatic carbocycles. The topological polar surface area (TPSA) is 119 Å². The maximum absolute atomic E-state index is 14.9. The third-order valence-electron chi connectivity index (χ3n) is 5.40. The lowest BCUT2D eigenvalue weighted by Gasteiger charge is -2.27. The Balaban J connectivity index is 1.44. The minimum absolute atomic E-state index is 0.196. The van der Waals surface area contributed by atoms with Crippen molar-refractivity contribution < 1.29 is 23.5 Å². The standard InChI is InChI=1S/C22H24FN7O4/c1-14(31)25-11-17-12-29(22(33)34-17)16-4-5-18(19(23)9-16)15-3-6-20(26-10-15)28-7-8-30(27-13-28)21(32)24-2/h3-6,9-10,13,17H,7-8,11-12H2,1-2H3,(H,24,32)(H,25,31)/t17-/m0/s1. The number of benzene rings is 1. The predicted molar refractivity (Wildman–Crippen MR) is 123 cm³/mol. The number of rotatable bonds is 5. The molecule has 0 bridgehead atoms. The molecule has 4 amide bonds. The van der Waals surface area contributed by atoms with Crippen LogP contribution in [0.2, 0.25) is 0 Å². The fourth-order valence-corrected chi connectivity index (χ4v) is 3.62. The van der Waals surface area contributed by atoms with Crippen LogP contribution in [0.25, 0.3) is 11.1 Å². The van der Waals surface area contributed by atoms with Crippen molar-refractivity contribution in [2.24, 2.45) is 5.10 Å². The first-order chi connectivity index (χ1) is 16.4. The first kappa shape index (κ1) is 23.0. The van der Waals surface area contributed by atoms with Crippen LogP contribution in [0.3, 0.4) is 0 Å². The van der Waals surface area contributed by atoms with Crippen molar-refractivity contribution in [2.45, 2.75) is 13.0 Å². The molecule has 2 N–H and O–H groups in total. The van der Waals surface area contributed by atoms with Crippen LogP contribution in [0.4, 0.5) is 25.5 Å². The number of ether oxygens (including phenoxy) is 1. The number of pyridine rings is 1. The van der Waals surface area contributed by atoms with E-state index in [1.165, 1.54) is 36.3 Å². The van der Waals surface area contributed by atoms with Crippen LogP contribution >= 0.6 is 0 Å². The van der Waals surface area contributed by atoms with E-state index in [0.717, 1.165) is 0 Å². The van der Waals surface area contributed by atoms with E-state index >= 15 is 0 Å². The SMILES string of the molecule is CNC(=O)N1CCN(c2ccc(-c3ccc(N4C[C@H](CNC(C)=O)OC4=O)cc3F)cn2)C=N1. The van der Waals surface area contributed by atoms with Crippen molar-refractivity contribution in [3.63, 3.8) is 0 Å². The minimum Gasteiger partial charge on any atom is -0.442 e. The summed E-state index contributed by atoms with van der Waals surface area (Å²) < 4.78 is 20.2. The molecule has 0 unspecified atom stereocenters. The normalized spacial score (nSPS) is 17.6. The molecule has 1 fully saturated rings. The molecule has 0 saturated carbocycles. The molecule has 3 heterocycles. The first-order valence-corrected chi connectivity index (χ1v) is 10.6. The number of cyclic esters (lactones) is 1. The first-order valence-electron chi connectivity index (χ1n) is 10.6. The monoisotopic (exact) mass is 469 g/mol. The van der Waals surface area contributed by atoms with E-state index in [1.54, 1.807) is 35.4 Å². The predicted octanol–water partition coefficient (Wildman–Crippen LogP) is 1.75. The van der Waals surface area contributed by atoms with Crippen molar-refractivity contribution >= 4 is 35.9 Å². The fourth-order valence-electron chi connectivity index (χ4n) is 3.62. The van der Waals surface area contributed by atoms with Crippen LogP contribution in [-0.2, 0) is 9.53 Å². The van der Waals surface area contributed by atoms with E-state index in [4.69, 9.17) is 4.74 Å². The summed E-state index contributed by atoms with van der Waals surface area (Å²) in [7, 11) is 1.54. The zero-order valence-corrected chi connectivity index (χ0v) is 18.7. The van der Waals surface area contributed by atoms with Gasteiger partial charge in [-0.3, -0.25) is 9.69 Å². The Morgan fingerprint density at radius 2 is 2.06 bits per heavy atom. The molecular formula is C22H24FN7O4. The maximum Gasteiger partial charge on any atom is 0.414 e. The van der Waals surface area contributed by atoms with Crippen molar-refractivity contribution in [1.29, 1.82) is 0 Å². The molecule has 34 heavy (non-hydrogen) atoms. The molecule has 2 aromatic rings. The summed E-state index contributed by atoms with van der Waals surface area (Å²) in [6.07, 6.45) is 1.98. The van der Waals surface area contributed by atoms with E-state index in [9.17, 15) is 18.8 Å². The number of aromatic nitrogens is 1. The second-order valence-corrected chi connectivity index (χ2v) is 7.73. The summed E-state index contributed by atoms with van der Waals surface area (Å²) in [5, 5.41) is 10.5. The molecule has 2 aliphatic rings. The van der Waals surface area contributed by atoms with E-state index in [2.05, 4.69) is 20.7 Å². The molecule has 4 rings (SSSR count). The number of anilines is 2. The van der Waals surface area contributed by atoms with Crippen molar-refractivity contribution in [3.8, 4) is 11.1 Å². The third-order valence-corrected chi connectivity index (χ3v) is 5.40. The minimum atomic E-state index is -0.591. The number of carbonyl (C=O) groups excluding carboxylic acids is 3. The number of halogens is 1. The van der Waals surface area contributed by atoms with Gasteiger partial charge in [0.25, 0.3) is 0 Å². The number of urea groups is 1. The van der Waals surface area contributed by atoms with Crippen LogP contribution < -0.4 is 20.4 Å². The summed E-state index contributed by atoms with van der Waals surface area (Å²) in [5.74, 6) is -0.111. The molecule has 12 heteroatoms. The number of hydrogen-bond donors (Lipinski definition) is 2. The molecular weight excluding hydrogens is 445 g/mol. The van der Waals surface area contributed by atoms with Gasteiger partial charge in [0.15, 0.2) is 0 Å². The summed E-state index contributed by atoms with van der Waals surface area (Å²) >= 11 is 0. The lowest BCUT2D eigenvalue weighted by atomic mass is 10.1. The Labute approximate surface area is 195 Å². The van der Waals surface area contributed by atoms with Gasteiger partial charge >= 0.3 is 12.1 Å². The van der Waals surface area contributed by atoms with Gasteiger partial charge in [0.1, 0.15) is 24.1 Å². The van der Waals surface area contributed by atoms with Crippen LogP contribution in [0.5, 0.6) is 0 Å². The average molecular weight is 469 g/mol. The van der Waals surface area contributed by atoms with Gasteiger partial charge in [0, 0.05) is 37.8 Å². The molecule has 1 atom stereocenters. The highest BCUT2D eigenvalue weighted by Gasteiger charge is 2.32. The molecule has 1 aromatic heterocycles. The number of amides is 4. The highest BCUT2D eigenvalue weighted by atomic mass is 19.1. The Hall–Kier alpha value is -4.22. The number of hydrogen-bond acceptors (Lipinski definition) is 7. The summed E-state index contributed by atoms with van der Waals surface area (Å²) in [4.78, 5) is 42.4. The van der Waals surface area contributed by atoms with Crippen molar-refractivity contribution in [2.75, 3.05) is 43.0 Å². The molecule has 0 spiro atoms. The fraction of sp³-hybridized carbons (Fsp3) is 0.318. The van der Waals surface area contributed by atoms with Gasteiger partial charge in [-0.2, -0.15) is 5.10 Å². The molecule has 0 radical (unpaired) electrons. The molecule has 1 saturated heterocycles. The smallest absolute Gasteiger partial charge is 0.414 e. The Bertz CT molecular complexity index is 1120. The zero-order chi connectivity index (χ0) is 24.2. The van der Waals surface area contributed by atoms with Crippen molar-refractivity contribution in [1.82, 2.24) is 20.6 Å².